The Morgan fingerprint density at radius 1 is 1.25 bits per heavy atom. The maximum absolute atomic E-state index is 5.92. The standard InChI is InChI=1S/C14H21N3OS2/c1-3-17(4-2)14(20)16-13-11(12(15)19)9-7-5-6-8-10(9)18-13/h3-8H2,1-2H3,(H2,15,19)(H,16,20). The molecule has 0 radical (unpaired) electrons. The summed E-state index contributed by atoms with van der Waals surface area (Å²) in [5.74, 6) is 1.62. The highest BCUT2D eigenvalue weighted by Crippen LogP contribution is 2.33. The number of rotatable bonds is 4. The van der Waals surface area contributed by atoms with Crippen LogP contribution in [0.5, 0.6) is 0 Å². The van der Waals surface area contributed by atoms with Gasteiger partial charge in [0.2, 0.25) is 5.88 Å². The fourth-order valence-corrected chi connectivity index (χ4v) is 3.17. The number of hydrogen-bond acceptors (Lipinski definition) is 3. The lowest BCUT2D eigenvalue weighted by Gasteiger charge is -2.21. The fourth-order valence-electron chi connectivity index (χ4n) is 2.60. The lowest BCUT2D eigenvalue weighted by Crippen LogP contribution is -2.34. The van der Waals surface area contributed by atoms with Crippen molar-refractivity contribution in [2.75, 3.05) is 18.4 Å². The average molecular weight is 311 g/mol. The van der Waals surface area contributed by atoms with Crippen LogP contribution in [-0.4, -0.2) is 28.1 Å². The summed E-state index contributed by atoms with van der Waals surface area (Å²) in [4.78, 5) is 2.43. The van der Waals surface area contributed by atoms with Gasteiger partial charge in [-0.2, -0.15) is 0 Å². The van der Waals surface area contributed by atoms with Crippen LogP contribution in [0.25, 0.3) is 0 Å². The van der Waals surface area contributed by atoms with Gasteiger partial charge in [-0.25, -0.2) is 0 Å². The predicted molar refractivity (Wildman–Crippen MR) is 90.4 cm³/mol. The highest BCUT2D eigenvalue weighted by atomic mass is 32.1. The summed E-state index contributed by atoms with van der Waals surface area (Å²) in [6.07, 6.45) is 4.23. The molecule has 1 aliphatic rings. The Morgan fingerprint density at radius 2 is 1.90 bits per heavy atom. The molecule has 1 aromatic heterocycles. The van der Waals surface area contributed by atoms with Crippen molar-refractivity contribution < 1.29 is 4.42 Å². The maximum Gasteiger partial charge on any atom is 0.209 e. The van der Waals surface area contributed by atoms with Crippen LogP contribution in [0.4, 0.5) is 5.88 Å². The van der Waals surface area contributed by atoms with E-state index < -0.39 is 0 Å². The van der Waals surface area contributed by atoms with E-state index in [1.807, 2.05) is 0 Å². The number of nitrogens with two attached hydrogens (primary N) is 1. The molecule has 0 saturated heterocycles. The molecule has 0 atom stereocenters. The van der Waals surface area contributed by atoms with E-state index in [1.165, 1.54) is 0 Å². The van der Waals surface area contributed by atoms with E-state index in [1.54, 1.807) is 0 Å². The van der Waals surface area contributed by atoms with Gasteiger partial charge in [0.15, 0.2) is 5.11 Å². The van der Waals surface area contributed by atoms with Crippen LogP contribution in [0.3, 0.4) is 0 Å². The number of anilines is 1. The molecule has 110 valence electrons. The first kappa shape index (κ1) is 15.3. The summed E-state index contributed by atoms with van der Waals surface area (Å²) in [6, 6.07) is 0. The van der Waals surface area contributed by atoms with Crippen LogP contribution < -0.4 is 11.1 Å². The Labute approximate surface area is 130 Å². The molecule has 3 N–H and O–H groups in total. The SMILES string of the molecule is CCN(CC)C(=S)Nc1oc2c(c1C(N)=S)CCCC2. The van der Waals surface area contributed by atoms with Gasteiger partial charge in [0.25, 0.3) is 0 Å². The van der Waals surface area contributed by atoms with Gasteiger partial charge in [0.1, 0.15) is 10.7 Å². The van der Waals surface area contributed by atoms with Crippen molar-refractivity contribution in [3.63, 3.8) is 0 Å². The normalized spacial score (nSPS) is 13.7. The first-order chi connectivity index (χ1) is 9.58. The zero-order chi connectivity index (χ0) is 14.7. The monoisotopic (exact) mass is 311 g/mol. The van der Waals surface area contributed by atoms with E-state index in [4.69, 9.17) is 34.6 Å². The Morgan fingerprint density at radius 3 is 2.50 bits per heavy atom. The molecular weight excluding hydrogens is 290 g/mol. The van der Waals surface area contributed by atoms with E-state index in [-0.39, 0.29) is 0 Å². The predicted octanol–water partition coefficient (Wildman–Crippen LogP) is 2.83. The first-order valence-electron chi connectivity index (χ1n) is 7.08. The number of fused-ring (bicyclic) bond motifs is 1. The van der Waals surface area contributed by atoms with Crippen molar-refractivity contribution >= 4 is 40.4 Å². The van der Waals surface area contributed by atoms with Crippen molar-refractivity contribution in [1.29, 1.82) is 0 Å². The largest absolute Gasteiger partial charge is 0.444 e. The van der Waals surface area contributed by atoms with Crippen molar-refractivity contribution in [2.45, 2.75) is 39.5 Å². The van der Waals surface area contributed by atoms with Crippen molar-refractivity contribution in [3.8, 4) is 0 Å². The lowest BCUT2D eigenvalue weighted by atomic mass is 9.95. The number of nitrogens with zero attached hydrogens (tertiary/aromatic N) is 1. The molecule has 0 unspecified atom stereocenters. The van der Waals surface area contributed by atoms with Gasteiger partial charge < -0.3 is 20.4 Å². The van der Waals surface area contributed by atoms with Gasteiger partial charge in [-0.3, -0.25) is 0 Å². The minimum atomic E-state index is 0.377. The number of aryl methyl sites for hydroxylation is 1. The summed E-state index contributed by atoms with van der Waals surface area (Å²) in [6.45, 7) is 5.84. The van der Waals surface area contributed by atoms with E-state index in [0.717, 1.165) is 55.7 Å². The quantitative estimate of drug-likeness (QED) is 0.834. The van der Waals surface area contributed by atoms with E-state index >= 15 is 0 Å². The van der Waals surface area contributed by atoms with Gasteiger partial charge in [-0.1, -0.05) is 12.2 Å². The molecule has 0 aromatic carbocycles. The van der Waals surface area contributed by atoms with Crippen LogP contribution in [0.1, 0.15) is 43.6 Å². The second kappa shape index (κ2) is 6.54. The second-order valence-corrected chi connectivity index (χ2v) is 5.71. The van der Waals surface area contributed by atoms with Crippen molar-refractivity contribution in [1.82, 2.24) is 4.90 Å². The molecule has 0 bridgehead atoms. The minimum absolute atomic E-state index is 0.377. The van der Waals surface area contributed by atoms with Crippen LogP contribution in [0.2, 0.25) is 0 Å². The average Bonchev–Trinajstić information content (AvgIpc) is 2.77. The van der Waals surface area contributed by atoms with Gasteiger partial charge in [-0.05, 0) is 45.3 Å². The molecule has 0 spiro atoms. The molecule has 1 aromatic rings. The third-order valence-electron chi connectivity index (χ3n) is 3.69. The number of furan rings is 1. The zero-order valence-corrected chi connectivity index (χ0v) is 13.6. The Kier molecular flexibility index (Phi) is 4.99. The van der Waals surface area contributed by atoms with E-state index in [9.17, 15) is 0 Å². The van der Waals surface area contributed by atoms with E-state index in [0.29, 0.717) is 16.0 Å². The molecule has 1 heterocycles. The summed E-state index contributed by atoms with van der Waals surface area (Å²) < 4.78 is 5.92. The molecule has 0 saturated carbocycles. The number of nitrogens with one attached hydrogen (secondary N) is 1. The highest BCUT2D eigenvalue weighted by molar-refractivity contribution is 7.81. The molecular formula is C14H21N3OS2. The molecule has 4 nitrogen and oxygen atoms in total. The zero-order valence-electron chi connectivity index (χ0n) is 12.0. The Hall–Kier alpha value is -1.14. The van der Waals surface area contributed by atoms with E-state index in [2.05, 4.69) is 24.1 Å². The van der Waals surface area contributed by atoms with Crippen LogP contribution in [0.15, 0.2) is 4.42 Å². The number of hydrogen-bond donors (Lipinski definition) is 2. The van der Waals surface area contributed by atoms with Crippen molar-refractivity contribution in [2.24, 2.45) is 5.73 Å². The summed E-state index contributed by atoms with van der Waals surface area (Å²) in [5, 5.41) is 3.83. The molecule has 6 heteroatoms. The third-order valence-corrected chi connectivity index (χ3v) is 4.25. The molecule has 0 fully saturated rings. The first-order valence-corrected chi connectivity index (χ1v) is 7.90. The lowest BCUT2D eigenvalue weighted by molar-refractivity contribution is 0.465. The Balaban J connectivity index is 2.29. The molecule has 20 heavy (non-hydrogen) atoms. The van der Waals surface area contributed by atoms with Crippen molar-refractivity contribution in [3.05, 3.63) is 16.9 Å². The molecule has 1 aliphatic carbocycles. The van der Waals surface area contributed by atoms with Crippen LogP contribution >= 0.6 is 24.4 Å². The summed E-state index contributed by atoms with van der Waals surface area (Å²) >= 11 is 10.6. The topological polar surface area (TPSA) is 54.4 Å². The van der Waals surface area contributed by atoms with Gasteiger partial charge in [0.05, 0.1) is 5.56 Å². The minimum Gasteiger partial charge on any atom is -0.444 e. The molecule has 0 aliphatic heterocycles. The Bertz CT molecular complexity index is 521. The fraction of sp³-hybridized carbons (Fsp3) is 0.571. The third kappa shape index (κ3) is 2.96. The molecule has 2 rings (SSSR count). The smallest absolute Gasteiger partial charge is 0.209 e. The van der Waals surface area contributed by atoms with Crippen LogP contribution in [0, 0.1) is 0 Å². The number of thiocarbonyl (C=S) groups is 2. The van der Waals surface area contributed by atoms with Gasteiger partial charge in [0, 0.05) is 25.1 Å². The van der Waals surface area contributed by atoms with Gasteiger partial charge in [-0.15, -0.1) is 0 Å². The summed E-state index contributed by atoms with van der Waals surface area (Å²) in [5.41, 5.74) is 7.87. The summed E-state index contributed by atoms with van der Waals surface area (Å²) in [7, 11) is 0. The van der Waals surface area contributed by atoms with Gasteiger partial charge >= 0.3 is 0 Å². The maximum atomic E-state index is 5.92. The molecule has 0 amide bonds. The van der Waals surface area contributed by atoms with Crippen LogP contribution in [-0.2, 0) is 12.8 Å². The second-order valence-electron chi connectivity index (χ2n) is 4.88. The highest BCUT2D eigenvalue weighted by Gasteiger charge is 2.25.